The Labute approximate surface area is 126 Å². The molecule has 118 valence electrons. The summed E-state index contributed by atoms with van der Waals surface area (Å²) in [6, 6.07) is 0. The van der Waals surface area contributed by atoms with Gasteiger partial charge in [0.05, 0.1) is 5.41 Å². The maximum absolute atomic E-state index is 5.78. The molecule has 2 fully saturated rings. The predicted molar refractivity (Wildman–Crippen MR) is 80.1 cm³/mol. The van der Waals surface area contributed by atoms with Gasteiger partial charge in [0.1, 0.15) is 5.60 Å². The van der Waals surface area contributed by atoms with E-state index in [-0.39, 0.29) is 11.0 Å². The standard InChI is InChI=1S/C16H27N3O2/c1-3-7-15(8-6-11-17-12-15)14-18-13(19-21-14)16(20-2)9-4-5-10-16/h17H,3-12H2,1-2H3. The molecular formula is C16H27N3O2. The van der Waals surface area contributed by atoms with Crippen molar-refractivity contribution in [3.63, 3.8) is 0 Å². The van der Waals surface area contributed by atoms with Crippen molar-refractivity contribution >= 4 is 0 Å². The van der Waals surface area contributed by atoms with E-state index in [1.807, 2.05) is 0 Å². The minimum Gasteiger partial charge on any atom is -0.370 e. The second-order valence-electron chi connectivity index (χ2n) is 6.64. The third-order valence-corrected chi connectivity index (χ3v) is 5.29. The average molecular weight is 293 g/mol. The smallest absolute Gasteiger partial charge is 0.234 e. The number of nitrogens with one attached hydrogen (secondary N) is 1. The van der Waals surface area contributed by atoms with Crippen LogP contribution >= 0.6 is 0 Å². The Kier molecular flexibility index (Phi) is 4.31. The zero-order chi connectivity index (χ0) is 14.8. The summed E-state index contributed by atoms with van der Waals surface area (Å²) in [4.78, 5) is 4.81. The summed E-state index contributed by atoms with van der Waals surface area (Å²) in [5.74, 6) is 1.58. The van der Waals surface area contributed by atoms with E-state index in [2.05, 4.69) is 17.4 Å². The Balaban J connectivity index is 1.88. The minimum atomic E-state index is -0.308. The highest BCUT2D eigenvalue weighted by molar-refractivity contribution is 5.12. The molecule has 21 heavy (non-hydrogen) atoms. The van der Waals surface area contributed by atoms with Crippen molar-refractivity contribution in [1.29, 1.82) is 0 Å². The maximum Gasteiger partial charge on any atom is 0.234 e. The number of rotatable bonds is 5. The highest BCUT2D eigenvalue weighted by Crippen LogP contribution is 2.42. The third-order valence-electron chi connectivity index (χ3n) is 5.29. The van der Waals surface area contributed by atoms with Crippen LogP contribution in [-0.4, -0.2) is 30.3 Å². The molecule has 1 aliphatic carbocycles. The Bertz CT molecular complexity index is 454. The number of piperidine rings is 1. The van der Waals surface area contributed by atoms with Gasteiger partial charge >= 0.3 is 0 Å². The Morgan fingerprint density at radius 3 is 2.67 bits per heavy atom. The minimum absolute atomic E-state index is 0.0196. The number of nitrogens with zero attached hydrogens (tertiary/aromatic N) is 2. The van der Waals surface area contributed by atoms with Gasteiger partial charge in [0.2, 0.25) is 11.7 Å². The summed E-state index contributed by atoms with van der Waals surface area (Å²) in [5, 5.41) is 7.81. The van der Waals surface area contributed by atoms with Crippen molar-refractivity contribution in [1.82, 2.24) is 15.5 Å². The first-order valence-electron chi connectivity index (χ1n) is 8.35. The SMILES string of the molecule is CCCC1(c2nc(C3(OC)CCCC3)no2)CCCNC1. The van der Waals surface area contributed by atoms with Crippen LogP contribution in [0.3, 0.4) is 0 Å². The molecule has 0 amide bonds. The van der Waals surface area contributed by atoms with Gasteiger partial charge in [-0.3, -0.25) is 0 Å². The second-order valence-corrected chi connectivity index (χ2v) is 6.64. The lowest BCUT2D eigenvalue weighted by atomic mass is 9.77. The van der Waals surface area contributed by atoms with E-state index in [4.69, 9.17) is 14.2 Å². The second kappa shape index (κ2) is 6.05. The molecule has 1 saturated heterocycles. The fraction of sp³-hybridized carbons (Fsp3) is 0.875. The van der Waals surface area contributed by atoms with Crippen LogP contribution in [0.25, 0.3) is 0 Å². The van der Waals surface area contributed by atoms with Crippen LogP contribution in [0.5, 0.6) is 0 Å². The van der Waals surface area contributed by atoms with Crippen molar-refractivity contribution in [2.24, 2.45) is 0 Å². The third kappa shape index (κ3) is 2.61. The molecule has 3 rings (SSSR count). The van der Waals surface area contributed by atoms with Crippen molar-refractivity contribution in [2.75, 3.05) is 20.2 Å². The monoisotopic (exact) mass is 293 g/mol. The molecule has 0 aromatic carbocycles. The summed E-state index contributed by atoms with van der Waals surface area (Å²) in [6.45, 7) is 4.26. The van der Waals surface area contributed by atoms with Crippen LogP contribution in [0.1, 0.15) is 70.0 Å². The van der Waals surface area contributed by atoms with Gasteiger partial charge in [0, 0.05) is 13.7 Å². The quantitative estimate of drug-likeness (QED) is 0.904. The predicted octanol–water partition coefficient (Wildman–Crippen LogP) is 2.91. The Morgan fingerprint density at radius 1 is 1.24 bits per heavy atom. The van der Waals surface area contributed by atoms with Crippen molar-refractivity contribution in [3.8, 4) is 0 Å². The lowest BCUT2D eigenvalue weighted by molar-refractivity contribution is -0.0178. The number of ether oxygens (including phenoxy) is 1. The molecule has 2 aliphatic rings. The van der Waals surface area contributed by atoms with Crippen molar-refractivity contribution in [2.45, 2.75) is 69.3 Å². The summed E-state index contributed by atoms with van der Waals surface area (Å²) in [7, 11) is 1.77. The number of aromatic nitrogens is 2. The van der Waals surface area contributed by atoms with Gasteiger partial charge < -0.3 is 14.6 Å². The zero-order valence-corrected chi connectivity index (χ0v) is 13.3. The molecule has 2 heterocycles. The first kappa shape index (κ1) is 15.0. The van der Waals surface area contributed by atoms with Crippen LogP contribution in [-0.2, 0) is 15.8 Å². The van der Waals surface area contributed by atoms with Gasteiger partial charge in [-0.1, -0.05) is 18.5 Å². The first-order valence-corrected chi connectivity index (χ1v) is 8.35. The van der Waals surface area contributed by atoms with Crippen LogP contribution in [0.15, 0.2) is 4.52 Å². The summed E-state index contributed by atoms with van der Waals surface area (Å²) >= 11 is 0. The van der Waals surface area contributed by atoms with E-state index in [1.54, 1.807) is 7.11 Å². The van der Waals surface area contributed by atoms with Crippen molar-refractivity contribution in [3.05, 3.63) is 11.7 Å². The molecule has 1 aliphatic heterocycles. The molecule has 5 nitrogen and oxygen atoms in total. The van der Waals surface area contributed by atoms with Gasteiger partial charge in [-0.05, 0) is 51.5 Å². The van der Waals surface area contributed by atoms with E-state index >= 15 is 0 Å². The molecule has 1 atom stereocenters. The highest BCUT2D eigenvalue weighted by Gasteiger charge is 2.44. The highest BCUT2D eigenvalue weighted by atomic mass is 16.5. The van der Waals surface area contributed by atoms with E-state index in [1.165, 1.54) is 19.3 Å². The van der Waals surface area contributed by atoms with E-state index < -0.39 is 0 Å². The number of hydrogen-bond acceptors (Lipinski definition) is 5. The summed E-state index contributed by atoms with van der Waals surface area (Å²) in [6.07, 6.45) is 8.90. The molecule has 0 radical (unpaired) electrons. The van der Waals surface area contributed by atoms with Gasteiger partial charge in [-0.25, -0.2) is 0 Å². The molecule has 1 N–H and O–H groups in total. The molecule has 1 aromatic rings. The average Bonchev–Trinajstić information content (AvgIpc) is 3.19. The fourth-order valence-corrected chi connectivity index (χ4v) is 4.04. The lowest BCUT2D eigenvalue weighted by Crippen LogP contribution is -2.43. The fourth-order valence-electron chi connectivity index (χ4n) is 4.04. The number of hydrogen-bond donors (Lipinski definition) is 1. The molecule has 1 unspecified atom stereocenters. The lowest BCUT2D eigenvalue weighted by Gasteiger charge is -2.34. The van der Waals surface area contributed by atoms with Gasteiger partial charge in [0.25, 0.3) is 0 Å². The summed E-state index contributed by atoms with van der Waals surface area (Å²) < 4.78 is 11.5. The molecule has 5 heteroatoms. The van der Waals surface area contributed by atoms with Crippen LogP contribution in [0.4, 0.5) is 0 Å². The van der Waals surface area contributed by atoms with Gasteiger partial charge in [-0.15, -0.1) is 0 Å². The van der Waals surface area contributed by atoms with Crippen LogP contribution in [0, 0.1) is 0 Å². The van der Waals surface area contributed by atoms with Crippen LogP contribution in [0.2, 0.25) is 0 Å². The first-order chi connectivity index (χ1) is 10.2. The Hall–Kier alpha value is -0.940. The molecule has 1 aromatic heterocycles. The largest absolute Gasteiger partial charge is 0.370 e. The van der Waals surface area contributed by atoms with E-state index in [0.717, 1.165) is 56.9 Å². The number of methoxy groups -OCH3 is 1. The van der Waals surface area contributed by atoms with E-state index in [9.17, 15) is 0 Å². The summed E-state index contributed by atoms with van der Waals surface area (Å²) in [5.41, 5.74) is -0.289. The maximum atomic E-state index is 5.78. The van der Waals surface area contributed by atoms with Crippen molar-refractivity contribution < 1.29 is 9.26 Å². The Morgan fingerprint density at radius 2 is 2.05 bits per heavy atom. The molecule has 1 saturated carbocycles. The molecule has 0 bridgehead atoms. The molecular weight excluding hydrogens is 266 g/mol. The van der Waals surface area contributed by atoms with E-state index in [0.29, 0.717) is 0 Å². The van der Waals surface area contributed by atoms with Crippen LogP contribution < -0.4 is 5.32 Å². The van der Waals surface area contributed by atoms with Gasteiger partial charge in [0.15, 0.2) is 0 Å². The zero-order valence-electron chi connectivity index (χ0n) is 13.3. The topological polar surface area (TPSA) is 60.2 Å². The molecule has 0 spiro atoms. The normalized spacial score (nSPS) is 28.9. The van der Waals surface area contributed by atoms with Gasteiger partial charge in [-0.2, -0.15) is 4.98 Å².